The predicted octanol–water partition coefficient (Wildman–Crippen LogP) is 4.87. The molecular formula is C18H10N6S2. The fraction of sp³-hybridized carbons (Fsp3) is 0. The van der Waals surface area contributed by atoms with Crippen molar-refractivity contribution < 1.29 is 0 Å². The highest BCUT2D eigenvalue weighted by Crippen LogP contribution is 2.38. The number of nitriles is 2. The van der Waals surface area contributed by atoms with Crippen LogP contribution < -0.4 is 10.6 Å². The summed E-state index contributed by atoms with van der Waals surface area (Å²) in [4.78, 5) is 9.26. The molecule has 124 valence electrons. The molecule has 26 heavy (non-hydrogen) atoms. The minimum atomic E-state index is 0.710. The Labute approximate surface area is 157 Å². The van der Waals surface area contributed by atoms with Crippen molar-refractivity contribution in [3.63, 3.8) is 0 Å². The highest BCUT2D eigenvalue weighted by atomic mass is 32.2. The summed E-state index contributed by atoms with van der Waals surface area (Å²) in [6.07, 6.45) is 3.84. The molecular weight excluding hydrogens is 364 g/mol. The lowest BCUT2D eigenvalue weighted by Crippen LogP contribution is -1.87. The highest BCUT2D eigenvalue weighted by molar-refractivity contribution is 7.40. The molecule has 6 nitrogen and oxygen atoms in total. The third-order valence-electron chi connectivity index (χ3n) is 3.60. The van der Waals surface area contributed by atoms with Crippen LogP contribution >= 0.6 is 22.7 Å². The Morgan fingerprint density at radius 1 is 0.769 bits per heavy atom. The van der Waals surface area contributed by atoms with Crippen LogP contribution in [0.2, 0.25) is 0 Å². The number of benzene rings is 2. The Kier molecular flexibility index (Phi) is 4.20. The molecule has 0 unspecified atom stereocenters. The molecule has 0 atom stereocenters. The van der Waals surface area contributed by atoms with Crippen LogP contribution in [0.3, 0.4) is 0 Å². The van der Waals surface area contributed by atoms with Crippen LogP contribution in [0.1, 0.15) is 0 Å². The number of fused-ring (bicyclic) bond motifs is 1. The number of anilines is 2. The van der Waals surface area contributed by atoms with Crippen molar-refractivity contribution in [3.05, 3.63) is 48.5 Å². The van der Waals surface area contributed by atoms with Gasteiger partial charge < -0.3 is 0 Å². The zero-order valence-electron chi connectivity index (χ0n) is 13.2. The molecule has 0 saturated heterocycles. The third-order valence-corrected chi connectivity index (χ3v) is 5.87. The summed E-state index contributed by atoms with van der Waals surface area (Å²) in [6.45, 7) is 0. The van der Waals surface area contributed by atoms with Gasteiger partial charge in [-0.05, 0) is 24.3 Å². The molecule has 0 aliphatic carbocycles. The SMILES string of the molecule is N#CNc1cccc(-c2nc3nc(-c4cccc(NC#N)c4)sc3s2)c1. The van der Waals surface area contributed by atoms with Gasteiger partial charge in [-0.2, -0.15) is 10.5 Å². The van der Waals surface area contributed by atoms with Crippen molar-refractivity contribution in [2.24, 2.45) is 0 Å². The maximum Gasteiger partial charge on any atom is 0.182 e. The van der Waals surface area contributed by atoms with E-state index in [1.54, 1.807) is 22.7 Å². The highest BCUT2D eigenvalue weighted by Gasteiger charge is 2.13. The van der Waals surface area contributed by atoms with E-state index in [9.17, 15) is 0 Å². The Balaban J connectivity index is 1.68. The van der Waals surface area contributed by atoms with Crippen molar-refractivity contribution >= 4 is 43.7 Å². The van der Waals surface area contributed by atoms with Gasteiger partial charge in [-0.1, -0.05) is 24.3 Å². The Hall–Kier alpha value is -3.46. The summed E-state index contributed by atoms with van der Waals surface area (Å²) in [5.74, 6) is 0. The molecule has 2 aromatic carbocycles. The second-order valence-corrected chi connectivity index (χ2v) is 7.54. The molecule has 0 fully saturated rings. The average molecular weight is 374 g/mol. The van der Waals surface area contributed by atoms with Crippen LogP contribution in [0.15, 0.2) is 48.5 Å². The molecule has 0 saturated carbocycles. The largest absolute Gasteiger partial charge is 0.293 e. The number of aromatic nitrogens is 2. The van der Waals surface area contributed by atoms with Crippen LogP contribution in [0.5, 0.6) is 0 Å². The number of thiazole rings is 2. The van der Waals surface area contributed by atoms with Crippen molar-refractivity contribution in [2.45, 2.75) is 0 Å². The first kappa shape index (κ1) is 16.0. The molecule has 0 radical (unpaired) electrons. The van der Waals surface area contributed by atoms with E-state index in [1.807, 2.05) is 60.9 Å². The summed E-state index contributed by atoms with van der Waals surface area (Å²) >= 11 is 3.15. The zero-order chi connectivity index (χ0) is 17.9. The summed E-state index contributed by atoms with van der Waals surface area (Å²) in [5.41, 5.74) is 4.07. The summed E-state index contributed by atoms with van der Waals surface area (Å²) in [6, 6.07) is 15.1. The van der Waals surface area contributed by atoms with Gasteiger partial charge >= 0.3 is 0 Å². The standard InChI is InChI=1S/C18H10N6S2/c19-9-21-13-5-1-3-11(7-13)16-23-15-18(25-16)26-17(24-15)12-4-2-6-14(8-12)22-10-20/h1-8,21-22H. The molecule has 8 heteroatoms. The third kappa shape index (κ3) is 3.07. The molecule has 2 N–H and O–H groups in total. The van der Waals surface area contributed by atoms with Gasteiger partial charge in [0.15, 0.2) is 18.0 Å². The van der Waals surface area contributed by atoms with Gasteiger partial charge in [0.1, 0.15) is 14.0 Å². The minimum Gasteiger partial charge on any atom is -0.293 e. The number of hydrogen-bond acceptors (Lipinski definition) is 8. The van der Waals surface area contributed by atoms with E-state index < -0.39 is 0 Å². The van der Waals surface area contributed by atoms with Gasteiger partial charge in [-0.15, -0.1) is 22.7 Å². The van der Waals surface area contributed by atoms with Crippen LogP contribution in [0.4, 0.5) is 11.4 Å². The first-order valence-electron chi connectivity index (χ1n) is 7.55. The number of nitrogens with one attached hydrogen (secondary N) is 2. The van der Waals surface area contributed by atoms with Gasteiger partial charge in [-0.3, -0.25) is 10.6 Å². The average Bonchev–Trinajstić information content (AvgIpc) is 3.22. The predicted molar refractivity (Wildman–Crippen MR) is 105 cm³/mol. The number of hydrogen-bond donors (Lipinski definition) is 2. The maximum absolute atomic E-state index is 8.75. The van der Waals surface area contributed by atoms with E-state index in [4.69, 9.17) is 10.5 Å². The number of rotatable bonds is 4. The van der Waals surface area contributed by atoms with E-state index in [-0.39, 0.29) is 0 Å². The fourth-order valence-corrected chi connectivity index (χ4v) is 4.59. The van der Waals surface area contributed by atoms with E-state index >= 15 is 0 Å². The number of nitrogens with zero attached hydrogens (tertiary/aromatic N) is 4. The molecule has 2 aromatic heterocycles. The summed E-state index contributed by atoms with van der Waals surface area (Å²) < 4.78 is 1.03. The molecule has 4 rings (SSSR count). The zero-order valence-corrected chi connectivity index (χ0v) is 14.9. The molecule has 0 spiro atoms. The second kappa shape index (κ2) is 6.81. The first-order valence-corrected chi connectivity index (χ1v) is 9.18. The van der Waals surface area contributed by atoms with Gasteiger partial charge in [0.2, 0.25) is 0 Å². The monoisotopic (exact) mass is 374 g/mol. The molecule has 0 aliphatic rings. The van der Waals surface area contributed by atoms with Gasteiger partial charge in [0, 0.05) is 22.5 Å². The van der Waals surface area contributed by atoms with E-state index in [0.717, 1.165) is 36.5 Å². The lowest BCUT2D eigenvalue weighted by molar-refractivity contribution is 1.36. The lowest BCUT2D eigenvalue weighted by Gasteiger charge is -2.00. The smallest absolute Gasteiger partial charge is 0.182 e. The van der Waals surface area contributed by atoms with Crippen molar-refractivity contribution in [2.75, 3.05) is 10.6 Å². The van der Waals surface area contributed by atoms with Gasteiger partial charge in [0.05, 0.1) is 0 Å². The Bertz CT molecular complexity index is 1060. The Morgan fingerprint density at radius 2 is 1.27 bits per heavy atom. The van der Waals surface area contributed by atoms with Crippen molar-refractivity contribution in [1.82, 2.24) is 9.97 Å². The van der Waals surface area contributed by atoms with Crippen LogP contribution in [-0.4, -0.2) is 9.97 Å². The molecule has 4 aromatic rings. The normalized spacial score (nSPS) is 10.2. The van der Waals surface area contributed by atoms with Crippen molar-refractivity contribution in [3.8, 4) is 33.5 Å². The minimum absolute atomic E-state index is 0.710. The molecule has 0 bridgehead atoms. The first-order chi connectivity index (χ1) is 12.8. The van der Waals surface area contributed by atoms with Gasteiger partial charge in [0.25, 0.3) is 0 Å². The van der Waals surface area contributed by atoms with E-state index in [0.29, 0.717) is 5.65 Å². The van der Waals surface area contributed by atoms with Crippen LogP contribution in [0, 0.1) is 22.9 Å². The topological polar surface area (TPSA) is 97.4 Å². The van der Waals surface area contributed by atoms with E-state index in [1.165, 1.54) is 0 Å². The molecule has 0 amide bonds. The fourth-order valence-electron chi connectivity index (χ4n) is 2.48. The maximum atomic E-state index is 8.75. The molecule has 0 aliphatic heterocycles. The van der Waals surface area contributed by atoms with Crippen LogP contribution in [-0.2, 0) is 0 Å². The summed E-state index contributed by atoms with van der Waals surface area (Å²) in [5, 5.41) is 24.5. The van der Waals surface area contributed by atoms with Crippen LogP contribution in [0.25, 0.3) is 30.8 Å². The van der Waals surface area contributed by atoms with Gasteiger partial charge in [-0.25, -0.2) is 9.97 Å². The Morgan fingerprint density at radius 3 is 1.69 bits per heavy atom. The van der Waals surface area contributed by atoms with Crippen molar-refractivity contribution in [1.29, 1.82) is 10.5 Å². The second-order valence-electron chi connectivity index (χ2n) is 5.28. The quantitative estimate of drug-likeness (QED) is 0.390. The van der Waals surface area contributed by atoms with E-state index in [2.05, 4.69) is 20.6 Å². The summed E-state index contributed by atoms with van der Waals surface area (Å²) in [7, 11) is 0. The lowest BCUT2D eigenvalue weighted by atomic mass is 10.2. The molecule has 2 heterocycles.